The van der Waals surface area contributed by atoms with Crippen molar-refractivity contribution in [2.75, 3.05) is 39.5 Å². The SMILES string of the molecule is C=C(C)C(=O)OCCOC(=O)C(C(=O)OCCOC(=O)C(=C)C)=C1Sc2c(OC(=O)CC(C)CC(C)(C)C)c3c(c(OC(=O)CC(C)CC(C)(C)C)c2S1)SC(=C1C(=O)N(CCCC)N(CCCC)C1=O)S3. The van der Waals surface area contributed by atoms with Crippen molar-refractivity contribution in [1.82, 2.24) is 10.0 Å². The highest BCUT2D eigenvalue weighted by Crippen LogP contribution is 2.69. The van der Waals surface area contributed by atoms with Crippen LogP contribution in [0, 0.1) is 22.7 Å². The Morgan fingerprint density at radius 3 is 1.21 bits per heavy atom. The van der Waals surface area contributed by atoms with Gasteiger partial charge in [-0.05, 0) is 62.2 Å². The summed E-state index contributed by atoms with van der Waals surface area (Å²) in [5.74, 6) is -6.09. The van der Waals surface area contributed by atoms with Crippen LogP contribution in [0.3, 0.4) is 0 Å². The summed E-state index contributed by atoms with van der Waals surface area (Å²) in [5, 5.41) is 2.97. The number of esters is 6. The van der Waals surface area contributed by atoms with Gasteiger partial charge in [0.15, 0.2) is 17.1 Å². The molecule has 0 radical (unpaired) electrons. The third-order valence-electron chi connectivity index (χ3n) is 10.6. The van der Waals surface area contributed by atoms with Crippen LogP contribution in [-0.2, 0) is 57.3 Å². The predicted octanol–water partition coefficient (Wildman–Crippen LogP) is 10.8. The largest absolute Gasteiger partial charge is 0.459 e. The molecule has 2 atom stereocenters. The number of carbonyl (C=O) groups is 8. The first-order valence-electron chi connectivity index (χ1n) is 24.2. The third-order valence-corrected chi connectivity index (χ3v) is 15.8. The fourth-order valence-electron chi connectivity index (χ4n) is 7.89. The van der Waals surface area contributed by atoms with Crippen molar-refractivity contribution in [3.8, 4) is 11.5 Å². The molecule has 1 aromatic rings. The molecule has 2 amide bonds. The van der Waals surface area contributed by atoms with Crippen LogP contribution in [-0.4, -0.2) is 97.2 Å². The van der Waals surface area contributed by atoms with Gasteiger partial charge in [-0.15, -0.1) is 0 Å². The Balaban J connectivity index is 1.96. The number of fused-ring (bicyclic) bond motifs is 2. The van der Waals surface area contributed by atoms with E-state index in [0.717, 1.165) is 59.9 Å². The normalized spacial score (nSPS) is 15.2. The number of unbranched alkanes of at least 4 members (excludes halogenated alkanes) is 2. The molecule has 1 saturated heterocycles. The first-order valence-corrected chi connectivity index (χ1v) is 27.4. The molecule has 0 aromatic heterocycles. The highest BCUT2D eigenvalue weighted by Gasteiger charge is 2.47. The average molecular weight is 1080 g/mol. The number of hydrogen-bond donors (Lipinski definition) is 0. The Morgan fingerprint density at radius 1 is 0.556 bits per heavy atom. The van der Waals surface area contributed by atoms with Gasteiger partial charge in [0.25, 0.3) is 11.8 Å². The highest BCUT2D eigenvalue weighted by molar-refractivity contribution is 8.26. The van der Waals surface area contributed by atoms with Crippen molar-refractivity contribution in [1.29, 1.82) is 0 Å². The molecule has 396 valence electrons. The fraction of sp³-hybridized carbons (Fsp3) is 0.577. The van der Waals surface area contributed by atoms with Gasteiger partial charge >= 0.3 is 35.8 Å². The lowest BCUT2D eigenvalue weighted by Crippen LogP contribution is -2.42. The first kappa shape index (κ1) is 59.9. The van der Waals surface area contributed by atoms with Crippen LogP contribution >= 0.6 is 47.0 Å². The number of rotatable bonds is 24. The van der Waals surface area contributed by atoms with E-state index in [1.807, 2.05) is 27.7 Å². The zero-order valence-corrected chi connectivity index (χ0v) is 47.0. The van der Waals surface area contributed by atoms with Crippen LogP contribution in [0.5, 0.6) is 11.5 Å². The Kier molecular flexibility index (Phi) is 22.1. The molecule has 1 fully saturated rings. The number of ether oxygens (including phenoxy) is 6. The average Bonchev–Trinajstić information content (AvgIpc) is 3.95. The van der Waals surface area contributed by atoms with Crippen LogP contribution in [0.25, 0.3) is 0 Å². The molecule has 0 spiro atoms. The lowest BCUT2D eigenvalue weighted by Gasteiger charge is -2.27. The molecule has 16 nitrogen and oxygen atoms in total. The quantitative estimate of drug-likeness (QED) is 0.0180. The molecule has 3 aliphatic rings. The second-order valence-corrected chi connectivity index (χ2v) is 25.1. The maximum Gasteiger partial charge on any atom is 0.347 e. The van der Waals surface area contributed by atoms with E-state index in [1.54, 1.807) is 0 Å². The highest BCUT2D eigenvalue weighted by atomic mass is 32.2. The van der Waals surface area contributed by atoms with Crippen molar-refractivity contribution in [3.63, 3.8) is 0 Å². The van der Waals surface area contributed by atoms with Crippen molar-refractivity contribution in [2.45, 2.75) is 154 Å². The summed E-state index contributed by atoms with van der Waals surface area (Å²) in [5.41, 5.74) is -0.632. The van der Waals surface area contributed by atoms with E-state index in [1.165, 1.54) is 23.9 Å². The van der Waals surface area contributed by atoms with Crippen molar-refractivity contribution >= 4 is 94.7 Å². The first-order chi connectivity index (χ1) is 33.7. The molecule has 72 heavy (non-hydrogen) atoms. The van der Waals surface area contributed by atoms with Gasteiger partial charge in [-0.1, -0.05) is 142 Å². The van der Waals surface area contributed by atoms with E-state index in [0.29, 0.717) is 43.0 Å². The number of hydrogen-bond acceptors (Lipinski definition) is 18. The maximum atomic E-state index is 14.3. The maximum absolute atomic E-state index is 14.3. The minimum atomic E-state index is -1.17. The van der Waals surface area contributed by atoms with Gasteiger partial charge in [0, 0.05) is 37.1 Å². The zero-order chi connectivity index (χ0) is 53.8. The molecule has 2 unspecified atom stereocenters. The second-order valence-electron chi connectivity index (χ2n) is 20.5. The van der Waals surface area contributed by atoms with Gasteiger partial charge < -0.3 is 28.4 Å². The van der Waals surface area contributed by atoms with Gasteiger partial charge in [0.1, 0.15) is 32.0 Å². The molecule has 0 aliphatic carbocycles. The monoisotopic (exact) mass is 1070 g/mol. The van der Waals surface area contributed by atoms with Crippen LogP contribution < -0.4 is 9.47 Å². The summed E-state index contributed by atoms with van der Waals surface area (Å²) in [4.78, 5) is 110. The lowest BCUT2D eigenvalue weighted by atomic mass is 9.84. The van der Waals surface area contributed by atoms with Crippen LogP contribution in [0.2, 0.25) is 0 Å². The number of amides is 2. The van der Waals surface area contributed by atoms with Crippen LogP contribution in [0.15, 0.2) is 63.5 Å². The Labute approximate surface area is 440 Å². The standard InChI is InChI=1S/C52H70N2O14S4/c1-15-17-19-53-43(57)35(44(58)54(53)20-18-16-2)49-69-39-37(67-33(55)25-31(7)27-51(9,10)11)41-42(38(40(39)70-49)68-34(56)26-32(8)28-52(12,13)14)72-50(71-41)36(47(61)65-23-21-63-45(59)29(3)4)48(62)66-24-22-64-46(60)30(5)6/h31-32H,3,5,15-28H2,1-2,4,6-14H3. The van der Waals surface area contributed by atoms with E-state index in [2.05, 4.69) is 54.7 Å². The molecular weight excluding hydrogens is 1000 g/mol. The van der Waals surface area contributed by atoms with E-state index in [9.17, 15) is 38.4 Å². The summed E-state index contributed by atoms with van der Waals surface area (Å²) in [6.07, 6.45) is 4.32. The zero-order valence-electron chi connectivity index (χ0n) is 43.7. The molecule has 3 heterocycles. The van der Waals surface area contributed by atoms with E-state index in [-0.39, 0.29) is 101 Å². The molecule has 0 N–H and O–H groups in total. The number of benzene rings is 1. The van der Waals surface area contributed by atoms with Gasteiger partial charge in [-0.3, -0.25) is 19.2 Å². The van der Waals surface area contributed by atoms with E-state index >= 15 is 0 Å². The summed E-state index contributed by atoms with van der Waals surface area (Å²) in [6, 6.07) is 0. The topological polar surface area (TPSA) is 198 Å². The molecule has 1 aromatic carbocycles. The Morgan fingerprint density at radius 2 is 0.889 bits per heavy atom. The summed E-state index contributed by atoms with van der Waals surface area (Å²) in [6.45, 7) is 29.3. The van der Waals surface area contributed by atoms with Crippen LogP contribution in [0.1, 0.15) is 134 Å². The van der Waals surface area contributed by atoms with Gasteiger partial charge in [-0.2, -0.15) is 0 Å². The summed E-state index contributed by atoms with van der Waals surface area (Å²) in [7, 11) is 0. The molecule has 3 aliphatic heterocycles. The molecule has 20 heteroatoms. The molecule has 0 bridgehead atoms. The molecular formula is C52H70N2O14S4. The van der Waals surface area contributed by atoms with Gasteiger partial charge in [0.05, 0.1) is 28.1 Å². The minimum Gasteiger partial charge on any atom is -0.459 e. The lowest BCUT2D eigenvalue weighted by molar-refractivity contribution is -0.153. The molecule has 0 saturated carbocycles. The van der Waals surface area contributed by atoms with E-state index < -0.39 is 66.4 Å². The Bertz CT molecular complexity index is 2240. The number of nitrogens with zero attached hydrogens (tertiary/aromatic N) is 2. The van der Waals surface area contributed by atoms with Crippen LogP contribution in [0.4, 0.5) is 0 Å². The number of carbonyl (C=O) groups excluding carboxylic acids is 8. The number of thioether (sulfide) groups is 4. The third kappa shape index (κ3) is 16.7. The van der Waals surface area contributed by atoms with Crippen molar-refractivity contribution in [3.05, 3.63) is 43.9 Å². The Hall–Kier alpha value is -4.66. The minimum absolute atomic E-state index is 0.00816. The van der Waals surface area contributed by atoms with Crippen molar-refractivity contribution < 1.29 is 66.8 Å². The van der Waals surface area contributed by atoms with Gasteiger partial charge in [-0.25, -0.2) is 29.2 Å². The molecule has 4 rings (SSSR count). The fourth-order valence-corrected chi connectivity index (χ4v) is 13.4. The van der Waals surface area contributed by atoms with Gasteiger partial charge in [0.2, 0.25) is 0 Å². The van der Waals surface area contributed by atoms with Crippen molar-refractivity contribution in [2.24, 2.45) is 22.7 Å². The smallest absolute Gasteiger partial charge is 0.347 e. The second kappa shape index (κ2) is 26.5. The van der Waals surface area contributed by atoms with E-state index in [4.69, 9.17) is 28.4 Å². The summed E-state index contributed by atoms with van der Waals surface area (Å²) < 4.78 is 34.1. The predicted molar refractivity (Wildman–Crippen MR) is 278 cm³/mol. The number of hydrazine groups is 1. The summed E-state index contributed by atoms with van der Waals surface area (Å²) >= 11 is 3.81.